The molecule has 0 radical (unpaired) electrons. The highest BCUT2D eigenvalue weighted by molar-refractivity contribution is 7.99. The zero-order valence-electron chi connectivity index (χ0n) is 11.6. The van der Waals surface area contributed by atoms with E-state index in [9.17, 15) is 9.59 Å². The average molecular weight is 339 g/mol. The molecule has 2 rings (SSSR count). The second kappa shape index (κ2) is 7.86. The first-order valence-electron chi connectivity index (χ1n) is 6.54. The molecule has 0 saturated carbocycles. The summed E-state index contributed by atoms with van der Waals surface area (Å²) >= 11 is 6.93. The molecule has 0 unspecified atom stereocenters. The molecule has 1 amide bonds. The molecule has 1 aromatic carbocycles. The number of nitrogens with zero attached hydrogens (tertiary/aromatic N) is 1. The minimum atomic E-state index is -0.335. The van der Waals surface area contributed by atoms with Crippen molar-refractivity contribution >= 4 is 35.1 Å². The van der Waals surface area contributed by atoms with Crippen LogP contribution in [0.25, 0.3) is 0 Å². The predicted molar refractivity (Wildman–Crippen MR) is 88.2 cm³/mol. The lowest BCUT2D eigenvalue weighted by Gasteiger charge is -2.05. The van der Waals surface area contributed by atoms with Crippen LogP contribution < -0.4 is 16.6 Å². The topological polar surface area (TPSA) is 101 Å². The fourth-order valence-electron chi connectivity index (χ4n) is 1.70. The van der Waals surface area contributed by atoms with Gasteiger partial charge in [-0.25, -0.2) is 4.98 Å². The number of hydrogen-bond acceptors (Lipinski definition) is 5. The Hall–Kier alpha value is -1.99. The number of nitrogens with one attached hydrogen (secondary N) is 2. The molecule has 0 atom stereocenters. The number of benzene rings is 1. The number of rotatable bonds is 6. The molecule has 0 spiro atoms. The maximum atomic E-state index is 11.7. The Morgan fingerprint density at radius 1 is 1.36 bits per heavy atom. The van der Waals surface area contributed by atoms with Crippen LogP contribution in [-0.4, -0.2) is 28.2 Å². The molecule has 0 bridgehead atoms. The Kier molecular flexibility index (Phi) is 5.85. The zero-order valence-corrected chi connectivity index (χ0v) is 13.2. The van der Waals surface area contributed by atoms with Crippen molar-refractivity contribution in [2.45, 2.75) is 11.6 Å². The van der Waals surface area contributed by atoms with Gasteiger partial charge in [0.15, 0.2) is 5.16 Å². The van der Waals surface area contributed by atoms with Crippen LogP contribution in [0.3, 0.4) is 0 Å². The molecule has 0 aliphatic rings. The van der Waals surface area contributed by atoms with E-state index >= 15 is 0 Å². The molecular weight excluding hydrogens is 324 g/mol. The Morgan fingerprint density at radius 3 is 2.77 bits per heavy atom. The number of halogens is 1. The number of thioether (sulfide) groups is 1. The summed E-state index contributed by atoms with van der Waals surface area (Å²) < 4.78 is 0. The second-order valence-electron chi connectivity index (χ2n) is 4.49. The first-order valence-corrected chi connectivity index (χ1v) is 7.90. The van der Waals surface area contributed by atoms with E-state index in [2.05, 4.69) is 15.3 Å². The highest BCUT2D eigenvalue weighted by Crippen LogP contribution is 2.11. The highest BCUT2D eigenvalue weighted by atomic mass is 35.5. The third-order valence-electron chi connectivity index (χ3n) is 2.73. The van der Waals surface area contributed by atoms with Crippen molar-refractivity contribution < 1.29 is 4.79 Å². The van der Waals surface area contributed by atoms with Crippen molar-refractivity contribution in [1.82, 2.24) is 15.3 Å². The van der Waals surface area contributed by atoms with Gasteiger partial charge in [0.2, 0.25) is 5.91 Å². The summed E-state index contributed by atoms with van der Waals surface area (Å²) in [5.41, 5.74) is 6.23. The first kappa shape index (κ1) is 16.4. The molecule has 0 fully saturated rings. The quantitative estimate of drug-likeness (QED) is 0.547. The molecular formula is C14H15ClN4O2S. The van der Waals surface area contributed by atoms with Gasteiger partial charge in [0, 0.05) is 17.6 Å². The Balaban J connectivity index is 1.73. The van der Waals surface area contributed by atoms with Gasteiger partial charge >= 0.3 is 0 Å². The van der Waals surface area contributed by atoms with Crippen LogP contribution in [-0.2, 0) is 11.2 Å². The van der Waals surface area contributed by atoms with E-state index in [4.69, 9.17) is 17.3 Å². The van der Waals surface area contributed by atoms with Gasteiger partial charge in [-0.15, -0.1) is 0 Å². The van der Waals surface area contributed by atoms with E-state index in [0.29, 0.717) is 16.7 Å². The number of nitrogens with two attached hydrogens (primary N) is 1. The molecule has 0 saturated heterocycles. The van der Waals surface area contributed by atoms with E-state index in [-0.39, 0.29) is 23.0 Å². The van der Waals surface area contributed by atoms with Gasteiger partial charge in [0.1, 0.15) is 5.82 Å². The maximum Gasteiger partial charge on any atom is 0.253 e. The number of aromatic nitrogens is 2. The predicted octanol–water partition coefficient (Wildman–Crippen LogP) is 1.46. The molecule has 4 N–H and O–H groups in total. The summed E-state index contributed by atoms with van der Waals surface area (Å²) in [6, 6.07) is 8.66. The van der Waals surface area contributed by atoms with E-state index < -0.39 is 0 Å². The number of H-pyrrole nitrogens is 1. The fraction of sp³-hybridized carbons (Fsp3) is 0.214. The number of carbonyl (C=O) groups excluding carboxylic acids is 1. The number of amides is 1. The van der Waals surface area contributed by atoms with Crippen molar-refractivity contribution in [2.75, 3.05) is 18.0 Å². The SMILES string of the molecule is Nc1cc(=O)[nH]c(SCC(=O)NCCc2ccc(Cl)cc2)n1. The summed E-state index contributed by atoms with van der Waals surface area (Å²) in [6.45, 7) is 0.530. The van der Waals surface area contributed by atoms with Gasteiger partial charge in [0.25, 0.3) is 5.56 Å². The largest absolute Gasteiger partial charge is 0.383 e. The van der Waals surface area contributed by atoms with Crippen molar-refractivity contribution in [3.63, 3.8) is 0 Å². The minimum Gasteiger partial charge on any atom is -0.383 e. The standard InChI is InChI=1S/C14H15ClN4O2S/c15-10-3-1-9(2-4-10)5-6-17-13(21)8-22-14-18-11(16)7-12(20)19-14/h1-4,7H,5-6,8H2,(H,17,21)(H3,16,18,19,20). The van der Waals surface area contributed by atoms with Crippen LogP contribution in [0.4, 0.5) is 5.82 Å². The van der Waals surface area contributed by atoms with Crippen LogP contribution >= 0.6 is 23.4 Å². The number of anilines is 1. The summed E-state index contributed by atoms with van der Waals surface area (Å²) in [5, 5.41) is 3.82. The molecule has 8 heteroatoms. The number of nitrogen functional groups attached to an aromatic ring is 1. The van der Waals surface area contributed by atoms with E-state index in [1.54, 1.807) is 0 Å². The van der Waals surface area contributed by atoms with E-state index in [1.165, 1.54) is 6.07 Å². The van der Waals surface area contributed by atoms with Gasteiger partial charge in [-0.3, -0.25) is 9.59 Å². The van der Waals surface area contributed by atoms with Gasteiger partial charge in [-0.05, 0) is 24.1 Å². The fourth-order valence-corrected chi connectivity index (χ4v) is 2.54. The Morgan fingerprint density at radius 2 is 2.09 bits per heavy atom. The second-order valence-corrected chi connectivity index (χ2v) is 5.89. The minimum absolute atomic E-state index is 0.134. The molecule has 6 nitrogen and oxygen atoms in total. The molecule has 116 valence electrons. The molecule has 22 heavy (non-hydrogen) atoms. The van der Waals surface area contributed by atoms with Crippen LogP contribution in [0.5, 0.6) is 0 Å². The lowest BCUT2D eigenvalue weighted by atomic mass is 10.1. The molecule has 2 aromatic rings. The van der Waals surface area contributed by atoms with E-state index in [0.717, 1.165) is 23.7 Å². The van der Waals surface area contributed by atoms with Crippen molar-refractivity contribution in [3.05, 3.63) is 51.3 Å². The Bertz CT molecular complexity index is 703. The third-order valence-corrected chi connectivity index (χ3v) is 3.85. The summed E-state index contributed by atoms with van der Waals surface area (Å²) in [7, 11) is 0. The molecule has 1 heterocycles. The first-order chi connectivity index (χ1) is 10.5. The molecule has 1 aromatic heterocycles. The number of carbonyl (C=O) groups is 1. The number of aromatic amines is 1. The lowest BCUT2D eigenvalue weighted by Crippen LogP contribution is -2.27. The van der Waals surface area contributed by atoms with Crippen molar-refractivity contribution in [2.24, 2.45) is 0 Å². The molecule has 0 aliphatic carbocycles. The Labute approximate surface area is 136 Å². The maximum absolute atomic E-state index is 11.7. The van der Waals surface area contributed by atoms with Crippen LogP contribution in [0, 0.1) is 0 Å². The van der Waals surface area contributed by atoms with Gasteiger partial charge in [-0.1, -0.05) is 35.5 Å². The van der Waals surface area contributed by atoms with Crippen molar-refractivity contribution in [1.29, 1.82) is 0 Å². The van der Waals surface area contributed by atoms with Crippen LogP contribution in [0.15, 0.2) is 40.3 Å². The monoisotopic (exact) mass is 338 g/mol. The summed E-state index contributed by atoms with van der Waals surface area (Å²) in [4.78, 5) is 29.4. The molecule has 0 aliphatic heterocycles. The summed E-state index contributed by atoms with van der Waals surface area (Å²) in [5.74, 6) is 0.158. The van der Waals surface area contributed by atoms with E-state index in [1.807, 2.05) is 24.3 Å². The average Bonchev–Trinajstić information content (AvgIpc) is 2.46. The lowest BCUT2D eigenvalue weighted by molar-refractivity contribution is -0.118. The van der Waals surface area contributed by atoms with Crippen LogP contribution in [0.1, 0.15) is 5.56 Å². The van der Waals surface area contributed by atoms with Gasteiger partial charge in [-0.2, -0.15) is 0 Å². The zero-order chi connectivity index (χ0) is 15.9. The van der Waals surface area contributed by atoms with Crippen LogP contribution in [0.2, 0.25) is 5.02 Å². The normalized spacial score (nSPS) is 10.4. The highest BCUT2D eigenvalue weighted by Gasteiger charge is 2.05. The smallest absolute Gasteiger partial charge is 0.253 e. The number of hydrogen-bond donors (Lipinski definition) is 3. The summed E-state index contributed by atoms with van der Waals surface area (Å²) in [6.07, 6.45) is 0.723. The van der Waals surface area contributed by atoms with Gasteiger partial charge in [0.05, 0.1) is 5.75 Å². The third kappa shape index (κ3) is 5.42. The van der Waals surface area contributed by atoms with Crippen molar-refractivity contribution in [3.8, 4) is 0 Å². The van der Waals surface area contributed by atoms with Gasteiger partial charge < -0.3 is 16.0 Å².